The molecule has 20 heavy (non-hydrogen) atoms. The van der Waals surface area contributed by atoms with Gasteiger partial charge in [0.2, 0.25) is 5.78 Å². The molecule has 110 valence electrons. The highest BCUT2D eigenvalue weighted by Crippen LogP contribution is 2.46. The lowest BCUT2D eigenvalue weighted by atomic mass is 9.74. The van der Waals surface area contributed by atoms with E-state index >= 15 is 0 Å². The Balaban J connectivity index is 2.37. The second-order valence-electron chi connectivity index (χ2n) is 5.56. The van der Waals surface area contributed by atoms with Crippen LogP contribution in [0.25, 0.3) is 0 Å². The third-order valence-corrected chi connectivity index (χ3v) is 4.34. The fraction of sp³-hybridized carbons (Fsp3) is 0.533. The summed E-state index contributed by atoms with van der Waals surface area (Å²) in [6, 6.07) is 4.86. The van der Waals surface area contributed by atoms with Crippen molar-refractivity contribution in [1.82, 2.24) is 0 Å². The molecule has 0 radical (unpaired) electrons. The number of ketones is 1. The van der Waals surface area contributed by atoms with E-state index in [1.54, 1.807) is 18.2 Å². The fourth-order valence-electron chi connectivity index (χ4n) is 2.39. The predicted molar refractivity (Wildman–Crippen MR) is 79.3 cm³/mol. The standard InChI is InChI=1S/C15H18Cl2O3/c1-4-5-8-15(14(2,3)19-20-15)13(18)11-7-6-10(16)9-12(11)17/h6-7,9H,4-5,8H2,1-3H3. The monoisotopic (exact) mass is 316 g/mol. The van der Waals surface area contributed by atoms with Crippen molar-refractivity contribution in [1.29, 1.82) is 0 Å². The van der Waals surface area contributed by atoms with Crippen LogP contribution < -0.4 is 0 Å². The minimum Gasteiger partial charge on any atom is -0.291 e. The Bertz CT molecular complexity index is 528. The third kappa shape index (κ3) is 2.48. The van der Waals surface area contributed by atoms with E-state index in [2.05, 4.69) is 6.92 Å². The fourth-order valence-corrected chi connectivity index (χ4v) is 2.89. The molecule has 0 amide bonds. The lowest BCUT2D eigenvalue weighted by Crippen LogP contribution is -2.68. The Morgan fingerprint density at radius 2 is 1.95 bits per heavy atom. The van der Waals surface area contributed by atoms with Crippen LogP contribution in [0.15, 0.2) is 18.2 Å². The van der Waals surface area contributed by atoms with Gasteiger partial charge >= 0.3 is 0 Å². The average molecular weight is 317 g/mol. The first-order chi connectivity index (χ1) is 9.34. The van der Waals surface area contributed by atoms with E-state index in [1.165, 1.54) is 0 Å². The van der Waals surface area contributed by atoms with E-state index in [-0.39, 0.29) is 5.78 Å². The molecule has 0 bridgehead atoms. The van der Waals surface area contributed by atoms with Gasteiger partial charge in [0.1, 0.15) is 5.60 Å². The van der Waals surface area contributed by atoms with Gasteiger partial charge in [-0.2, -0.15) is 0 Å². The van der Waals surface area contributed by atoms with Crippen LogP contribution in [0.2, 0.25) is 10.0 Å². The Morgan fingerprint density at radius 3 is 2.40 bits per heavy atom. The molecule has 1 atom stereocenters. The molecule has 1 aliphatic rings. The molecule has 1 saturated heterocycles. The van der Waals surface area contributed by atoms with Crippen molar-refractivity contribution < 1.29 is 14.6 Å². The van der Waals surface area contributed by atoms with E-state index in [0.29, 0.717) is 22.0 Å². The van der Waals surface area contributed by atoms with Crippen molar-refractivity contribution in [2.24, 2.45) is 0 Å². The van der Waals surface area contributed by atoms with Gasteiger partial charge in [0, 0.05) is 10.6 Å². The lowest BCUT2D eigenvalue weighted by molar-refractivity contribution is -0.527. The first-order valence-corrected chi connectivity index (χ1v) is 7.46. The molecular formula is C15H18Cl2O3. The normalized spacial score (nSPS) is 24.2. The molecule has 3 nitrogen and oxygen atoms in total. The number of hydrogen-bond acceptors (Lipinski definition) is 3. The topological polar surface area (TPSA) is 35.5 Å². The first kappa shape index (κ1) is 15.8. The summed E-state index contributed by atoms with van der Waals surface area (Å²) in [4.78, 5) is 23.3. The van der Waals surface area contributed by atoms with Crippen molar-refractivity contribution in [3.05, 3.63) is 33.8 Å². The second kappa shape index (κ2) is 5.64. The summed E-state index contributed by atoms with van der Waals surface area (Å²) in [6.45, 7) is 5.78. The number of rotatable bonds is 5. The minimum atomic E-state index is -0.972. The van der Waals surface area contributed by atoms with Gasteiger partial charge in [0.25, 0.3) is 0 Å². The summed E-state index contributed by atoms with van der Waals surface area (Å²) in [7, 11) is 0. The van der Waals surface area contributed by atoms with Gasteiger partial charge in [-0.25, -0.2) is 9.78 Å². The molecule has 1 aliphatic heterocycles. The Kier molecular flexibility index (Phi) is 4.45. The van der Waals surface area contributed by atoms with Crippen molar-refractivity contribution >= 4 is 29.0 Å². The quantitative estimate of drug-likeness (QED) is 0.575. The zero-order chi connectivity index (χ0) is 15.0. The highest BCUT2D eigenvalue weighted by molar-refractivity contribution is 6.37. The van der Waals surface area contributed by atoms with Gasteiger partial charge in [0.05, 0.1) is 5.02 Å². The van der Waals surface area contributed by atoms with Gasteiger partial charge in [-0.1, -0.05) is 43.0 Å². The largest absolute Gasteiger partial charge is 0.291 e. The number of halogens is 2. The summed E-state index contributed by atoms with van der Waals surface area (Å²) in [5.41, 5.74) is -1.22. The number of benzene rings is 1. The number of unbranched alkanes of at least 4 members (excludes halogenated alkanes) is 1. The van der Waals surface area contributed by atoms with E-state index in [4.69, 9.17) is 33.0 Å². The van der Waals surface area contributed by atoms with Gasteiger partial charge in [-0.05, 0) is 38.5 Å². The summed E-state index contributed by atoms with van der Waals surface area (Å²) in [5.74, 6) is -0.149. The molecule has 1 unspecified atom stereocenters. The van der Waals surface area contributed by atoms with Crippen molar-refractivity contribution in [2.45, 2.75) is 51.2 Å². The molecule has 0 aliphatic carbocycles. The summed E-state index contributed by atoms with van der Waals surface area (Å²) >= 11 is 12.0. The summed E-state index contributed by atoms with van der Waals surface area (Å²) in [5, 5.41) is 0.837. The molecule has 0 aromatic heterocycles. The minimum absolute atomic E-state index is 0.149. The molecule has 2 rings (SSSR count). The van der Waals surface area contributed by atoms with Crippen molar-refractivity contribution in [2.75, 3.05) is 0 Å². The van der Waals surface area contributed by atoms with E-state index < -0.39 is 11.2 Å². The zero-order valence-electron chi connectivity index (χ0n) is 11.8. The Hall–Kier alpha value is -0.610. The number of Topliss-reactive ketones (excluding diaryl/α,β-unsaturated/α-hetero) is 1. The highest BCUT2D eigenvalue weighted by Gasteiger charge is 2.63. The number of carbonyl (C=O) groups excluding carboxylic acids is 1. The molecule has 5 heteroatoms. The van der Waals surface area contributed by atoms with Gasteiger partial charge in [-0.3, -0.25) is 4.79 Å². The second-order valence-corrected chi connectivity index (χ2v) is 6.40. The molecule has 1 fully saturated rings. The first-order valence-electron chi connectivity index (χ1n) is 6.71. The van der Waals surface area contributed by atoms with Crippen LogP contribution in [-0.2, 0) is 9.78 Å². The summed E-state index contributed by atoms with van der Waals surface area (Å²) in [6.07, 6.45) is 2.46. The van der Waals surface area contributed by atoms with E-state index in [1.807, 2.05) is 13.8 Å². The van der Waals surface area contributed by atoms with Crippen LogP contribution in [-0.4, -0.2) is 17.0 Å². The van der Waals surface area contributed by atoms with Gasteiger partial charge < -0.3 is 0 Å². The van der Waals surface area contributed by atoms with Crippen molar-refractivity contribution in [3.63, 3.8) is 0 Å². The molecule has 1 aromatic carbocycles. The molecule has 0 spiro atoms. The number of carbonyl (C=O) groups is 1. The van der Waals surface area contributed by atoms with Crippen LogP contribution >= 0.6 is 23.2 Å². The molecule has 1 aromatic rings. The molecule has 0 N–H and O–H groups in total. The van der Waals surface area contributed by atoms with E-state index in [0.717, 1.165) is 12.8 Å². The van der Waals surface area contributed by atoms with E-state index in [9.17, 15) is 4.79 Å². The third-order valence-electron chi connectivity index (χ3n) is 3.79. The van der Waals surface area contributed by atoms with Crippen molar-refractivity contribution in [3.8, 4) is 0 Å². The van der Waals surface area contributed by atoms with Crippen LogP contribution in [0.3, 0.4) is 0 Å². The highest BCUT2D eigenvalue weighted by atomic mass is 35.5. The maximum atomic E-state index is 12.9. The maximum Gasteiger partial charge on any atom is 0.202 e. The Morgan fingerprint density at radius 1 is 1.25 bits per heavy atom. The number of hydrogen-bond donors (Lipinski definition) is 0. The molecular weight excluding hydrogens is 299 g/mol. The molecule has 1 heterocycles. The Labute approximate surface area is 129 Å². The van der Waals surface area contributed by atoms with Crippen LogP contribution in [0, 0.1) is 0 Å². The predicted octanol–water partition coefficient (Wildman–Crippen LogP) is 4.85. The van der Waals surface area contributed by atoms with Gasteiger partial charge in [0.15, 0.2) is 5.60 Å². The summed E-state index contributed by atoms with van der Waals surface area (Å²) < 4.78 is 0. The SMILES string of the molecule is CCCCC1(C(=O)c2ccc(Cl)cc2Cl)OOC1(C)C. The zero-order valence-corrected chi connectivity index (χ0v) is 13.3. The van der Waals surface area contributed by atoms with Crippen LogP contribution in [0.5, 0.6) is 0 Å². The van der Waals surface area contributed by atoms with Crippen LogP contribution in [0.4, 0.5) is 0 Å². The van der Waals surface area contributed by atoms with Gasteiger partial charge in [-0.15, -0.1) is 0 Å². The van der Waals surface area contributed by atoms with Crippen LogP contribution in [0.1, 0.15) is 50.4 Å². The lowest BCUT2D eigenvalue weighted by Gasteiger charge is -2.51. The smallest absolute Gasteiger partial charge is 0.202 e. The maximum absolute atomic E-state index is 12.9. The average Bonchev–Trinajstić information content (AvgIpc) is 2.38. The molecule has 0 saturated carbocycles.